The molecule has 0 bridgehead atoms. The molecule has 0 amide bonds. The van der Waals surface area contributed by atoms with E-state index in [-0.39, 0.29) is 37.1 Å². The molecule has 1 heterocycles. The Morgan fingerprint density at radius 2 is 1.68 bits per heavy atom. The highest BCUT2D eigenvalue weighted by atomic mass is 16.6. The normalized spacial score (nSPS) is 20.1. The minimum atomic E-state index is -0.811. The van der Waals surface area contributed by atoms with Crippen molar-refractivity contribution in [3.8, 4) is 23.0 Å². The van der Waals surface area contributed by atoms with Gasteiger partial charge in [-0.3, -0.25) is 14.6 Å². The van der Waals surface area contributed by atoms with E-state index < -0.39 is 17.8 Å². The number of aromatic hydroxyl groups is 1. The number of aliphatic imine (C=N–C) groups is 1. The summed E-state index contributed by atoms with van der Waals surface area (Å²) in [6.07, 6.45) is 0.779. The molecular weight excluding hydrogens is 522 g/mol. The van der Waals surface area contributed by atoms with E-state index in [0.29, 0.717) is 46.2 Å². The zero-order valence-corrected chi connectivity index (χ0v) is 23.3. The number of Topliss-reactive ketones (excluding diaryl/α,β-unsaturated/α-hetero) is 1. The Labute approximate surface area is 239 Å². The van der Waals surface area contributed by atoms with E-state index in [0.717, 1.165) is 5.56 Å². The molecule has 0 radical (unpaired) electrons. The molecule has 0 saturated carbocycles. The van der Waals surface area contributed by atoms with Gasteiger partial charge in [-0.1, -0.05) is 36.4 Å². The fourth-order valence-electron chi connectivity index (χ4n) is 5.69. The number of phenolic OH excluding ortho intramolecular Hbond substituents is 1. The summed E-state index contributed by atoms with van der Waals surface area (Å²) in [5.74, 6) is -0.172. The highest BCUT2D eigenvalue weighted by Gasteiger charge is 2.45. The van der Waals surface area contributed by atoms with Crippen molar-refractivity contribution in [2.45, 2.75) is 31.6 Å². The van der Waals surface area contributed by atoms with Gasteiger partial charge in [-0.15, -0.1) is 0 Å². The number of hydrogen-bond acceptors (Lipinski definition) is 8. The zero-order valence-electron chi connectivity index (χ0n) is 23.3. The number of para-hydroxylation sites is 1. The Morgan fingerprint density at radius 3 is 2.41 bits per heavy atom. The number of esters is 1. The number of carbonyl (C=O) groups is 2. The van der Waals surface area contributed by atoms with E-state index in [1.165, 1.54) is 0 Å². The number of allylic oxidation sites excluding steroid dienone is 2. The van der Waals surface area contributed by atoms with Gasteiger partial charge in [-0.25, -0.2) is 0 Å². The molecule has 1 unspecified atom stereocenters. The summed E-state index contributed by atoms with van der Waals surface area (Å²) in [6, 6.07) is 21.6. The first kappa shape index (κ1) is 28.0. The molecule has 1 aliphatic carbocycles. The summed E-state index contributed by atoms with van der Waals surface area (Å²) in [5, 5.41) is 10.3. The van der Waals surface area contributed by atoms with Gasteiger partial charge in [0.25, 0.3) is 0 Å². The molecule has 3 atom stereocenters. The average Bonchev–Trinajstić information content (AvgIpc) is 2.98. The van der Waals surface area contributed by atoms with E-state index in [4.69, 9.17) is 23.9 Å². The molecule has 3 aromatic rings. The van der Waals surface area contributed by atoms with Gasteiger partial charge >= 0.3 is 5.97 Å². The maximum absolute atomic E-state index is 13.8. The molecule has 1 aliphatic heterocycles. The van der Waals surface area contributed by atoms with Crippen LogP contribution < -0.4 is 14.2 Å². The molecule has 0 aromatic heterocycles. The molecule has 2 aliphatic rings. The van der Waals surface area contributed by atoms with Crippen molar-refractivity contribution in [2.24, 2.45) is 10.9 Å². The van der Waals surface area contributed by atoms with E-state index in [1.807, 2.05) is 54.6 Å². The van der Waals surface area contributed by atoms with E-state index in [2.05, 4.69) is 0 Å². The molecule has 41 heavy (non-hydrogen) atoms. The number of methoxy groups -OCH3 is 2. The second kappa shape index (κ2) is 12.3. The van der Waals surface area contributed by atoms with Gasteiger partial charge in [0.15, 0.2) is 17.3 Å². The van der Waals surface area contributed by atoms with Crippen LogP contribution in [0.15, 0.2) is 89.1 Å². The monoisotopic (exact) mass is 555 g/mol. The molecule has 5 rings (SSSR count). The van der Waals surface area contributed by atoms with Crippen LogP contribution in [0.25, 0.3) is 0 Å². The fraction of sp³-hybridized carbons (Fsp3) is 0.303. The standard InChI is InChI=1S/C33H33NO7/c1-20-30(33(37)41-15-14-40-25-10-5-4-6-11-25)31(22-8-7-9-24(35)16-22)32-26(34-20)17-23(18-27(32)36)21-12-13-28(38-2)29(19-21)39-3/h4-13,16,19,23,30-31,35H,14-15,17-18H2,1-3H3/t23-,30?,31-/m0/s1. The largest absolute Gasteiger partial charge is 0.508 e. The molecule has 0 fully saturated rings. The van der Waals surface area contributed by atoms with Gasteiger partial charge in [-0.05, 0) is 66.8 Å². The summed E-state index contributed by atoms with van der Waals surface area (Å²) in [6.45, 7) is 2.03. The smallest absolute Gasteiger partial charge is 0.315 e. The maximum Gasteiger partial charge on any atom is 0.315 e. The lowest BCUT2D eigenvalue weighted by Gasteiger charge is -2.36. The van der Waals surface area contributed by atoms with Crippen molar-refractivity contribution in [1.82, 2.24) is 0 Å². The number of benzene rings is 3. The number of nitrogens with zero attached hydrogens (tertiary/aromatic N) is 1. The van der Waals surface area contributed by atoms with Gasteiger partial charge in [0, 0.05) is 29.3 Å². The van der Waals surface area contributed by atoms with Crippen molar-refractivity contribution >= 4 is 17.5 Å². The molecule has 0 saturated heterocycles. The van der Waals surface area contributed by atoms with Crippen LogP contribution in [0, 0.1) is 5.92 Å². The summed E-state index contributed by atoms with van der Waals surface area (Å²) >= 11 is 0. The first-order valence-electron chi connectivity index (χ1n) is 13.6. The van der Waals surface area contributed by atoms with Crippen LogP contribution in [-0.4, -0.2) is 50.0 Å². The first-order chi connectivity index (χ1) is 19.9. The highest BCUT2D eigenvalue weighted by molar-refractivity contribution is 6.09. The van der Waals surface area contributed by atoms with Crippen molar-refractivity contribution < 1.29 is 33.6 Å². The molecule has 1 N–H and O–H groups in total. The van der Waals surface area contributed by atoms with Crippen LogP contribution in [0.5, 0.6) is 23.0 Å². The summed E-state index contributed by atoms with van der Waals surface area (Å²) < 4.78 is 22.2. The zero-order chi connectivity index (χ0) is 28.9. The third-order valence-corrected chi connectivity index (χ3v) is 7.59. The molecule has 8 nitrogen and oxygen atoms in total. The Hall–Kier alpha value is -4.59. The predicted octanol–water partition coefficient (Wildman–Crippen LogP) is 5.61. The van der Waals surface area contributed by atoms with Crippen molar-refractivity contribution in [2.75, 3.05) is 27.4 Å². The molecule has 0 spiro atoms. The summed E-state index contributed by atoms with van der Waals surface area (Å²) in [4.78, 5) is 32.1. The van der Waals surface area contributed by atoms with Crippen LogP contribution in [0.3, 0.4) is 0 Å². The number of carbonyl (C=O) groups excluding carboxylic acids is 2. The summed E-state index contributed by atoms with van der Waals surface area (Å²) in [5.41, 5.74) is 3.33. The van der Waals surface area contributed by atoms with Crippen LogP contribution in [0.1, 0.15) is 42.7 Å². The van der Waals surface area contributed by atoms with Crippen LogP contribution in [0.2, 0.25) is 0 Å². The van der Waals surface area contributed by atoms with Gasteiger partial charge < -0.3 is 24.1 Å². The van der Waals surface area contributed by atoms with E-state index in [1.54, 1.807) is 39.3 Å². The first-order valence-corrected chi connectivity index (χ1v) is 13.6. The lowest BCUT2D eigenvalue weighted by Crippen LogP contribution is -2.38. The molecular formula is C33H33NO7. The third-order valence-electron chi connectivity index (χ3n) is 7.59. The van der Waals surface area contributed by atoms with E-state index in [9.17, 15) is 14.7 Å². The quantitative estimate of drug-likeness (QED) is 0.271. The number of ketones is 1. The lowest BCUT2D eigenvalue weighted by atomic mass is 9.69. The summed E-state index contributed by atoms with van der Waals surface area (Å²) in [7, 11) is 3.16. The Bertz CT molecular complexity index is 1490. The Morgan fingerprint density at radius 1 is 0.902 bits per heavy atom. The third kappa shape index (κ3) is 5.96. The second-order valence-electron chi connectivity index (χ2n) is 10.1. The van der Waals surface area contributed by atoms with Crippen LogP contribution in [0.4, 0.5) is 0 Å². The van der Waals surface area contributed by atoms with Crippen molar-refractivity contribution in [3.05, 3.63) is 95.2 Å². The Balaban J connectivity index is 1.42. The van der Waals surface area contributed by atoms with Gasteiger partial charge in [-0.2, -0.15) is 0 Å². The topological polar surface area (TPSA) is 104 Å². The second-order valence-corrected chi connectivity index (χ2v) is 10.1. The average molecular weight is 556 g/mol. The van der Waals surface area contributed by atoms with Crippen LogP contribution >= 0.6 is 0 Å². The van der Waals surface area contributed by atoms with E-state index >= 15 is 0 Å². The number of phenols is 1. The predicted molar refractivity (Wildman–Crippen MR) is 154 cm³/mol. The minimum Gasteiger partial charge on any atom is -0.508 e. The minimum absolute atomic E-state index is 0.0471. The fourth-order valence-corrected chi connectivity index (χ4v) is 5.69. The number of hydrogen-bond donors (Lipinski definition) is 1. The van der Waals surface area contributed by atoms with Crippen molar-refractivity contribution in [1.29, 1.82) is 0 Å². The SMILES string of the molecule is COc1ccc([C@@H]2CC(=O)C3=C(C2)N=C(C)C(C(=O)OCCOc2ccccc2)[C@@H]3c2cccc(O)c2)cc1OC. The van der Waals surface area contributed by atoms with Crippen LogP contribution in [-0.2, 0) is 14.3 Å². The maximum atomic E-state index is 13.8. The Kier molecular flexibility index (Phi) is 8.38. The molecule has 8 heteroatoms. The van der Waals surface area contributed by atoms with Crippen molar-refractivity contribution in [3.63, 3.8) is 0 Å². The highest BCUT2D eigenvalue weighted by Crippen LogP contribution is 2.47. The lowest BCUT2D eigenvalue weighted by molar-refractivity contribution is -0.147. The molecule has 3 aromatic carbocycles. The number of rotatable bonds is 9. The number of ether oxygens (including phenoxy) is 4. The van der Waals surface area contributed by atoms with Gasteiger partial charge in [0.1, 0.15) is 30.6 Å². The van der Waals surface area contributed by atoms with Gasteiger partial charge in [0.05, 0.1) is 14.2 Å². The van der Waals surface area contributed by atoms with Gasteiger partial charge in [0.2, 0.25) is 0 Å². The molecule has 212 valence electrons.